The summed E-state index contributed by atoms with van der Waals surface area (Å²) in [5, 5.41) is 28.7. The molecule has 2 amide bonds. The number of ether oxygens (including phenoxy) is 4. The second kappa shape index (κ2) is 19.4. The second-order valence-electron chi connectivity index (χ2n) is 7.81. The van der Waals surface area contributed by atoms with Gasteiger partial charge in [-0.05, 0) is 5.56 Å². The van der Waals surface area contributed by atoms with E-state index in [1.54, 1.807) is 30.3 Å². The summed E-state index contributed by atoms with van der Waals surface area (Å²) < 4.78 is 21.0. The van der Waals surface area contributed by atoms with Crippen molar-refractivity contribution in [1.82, 2.24) is 10.2 Å². The SMILES string of the molecule is O=C(O)CCOCCN(CCOCCC(=O)O)C(=O)[C@H](COCCC(=O)O)NC(=O)OCc1ccccc1. The summed E-state index contributed by atoms with van der Waals surface area (Å²) in [6.45, 7) is -0.750. The first-order valence-corrected chi connectivity index (χ1v) is 11.8. The maximum atomic E-state index is 13.3. The van der Waals surface area contributed by atoms with Crippen LogP contribution in [0, 0.1) is 0 Å². The van der Waals surface area contributed by atoms with Crippen molar-refractivity contribution in [3.05, 3.63) is 35.9 Å². The quantitative estimate of drug-likeness (QED) is 0.158. The van der Waals surface area contributed by atoms with Crippen molar-refractivity contribution >= 4 is 29.9 Å². The van der Waals surface area contributed by atoms with Crippen molar-refractivity contribution in [3.8, 4) is 0 Å². The molecule has 1 atom stereocenters. The Hall–Kier alpha value is -3.75. The number of aliphatic carboxylic acids is 3. The summed E-state index contributed by atoms with van der Waals surface area (Å²) in [4.78, 5) is 59.0. The Balaban J connectivity index is 2.81. The van der Waals surface area contributed by atoms with Gasteiger partial charge < -0.3 is 44.5 Å². The first-order valence-electron chi connectivity index (χ1n) is 11.8. The molecule has 38 heavy (non-hydrogen) atoms. The molecule has 14 nitrogen and oxygen atoms in total. The lowest BCUT2D eigenvalue weighted by atomic mass is 10.2. The zero-order valence-electron chi connectivity index (χ0n) is 20.9. The molecule has 0 bridgehead atoms. The lowest BCUT2D eigenvalue weighted by molar-refractivity contribution is -0.141. The number of nitrogens with zero attached hydrogens (tertiary/aromatic N) is 1. The molecule has 0 saturated heterocycles. The maximum Gasteiger partial charge on any atom is 0.408 e. The Kier molecular flexibility index (Phi) is 16.5. The minimum atomic E-state index is -1.25. The van der Waals surface area contributed by atoms with Crippen LogP contribution >= 0.6 is 0 Å². The molecule has 1 aromatic carbocycles. The van der Waals surface area contributed by atoms with Gasteiger partial charge in [0.25, 0.3) is 0 Å². The summed E-state index contributed by atoms with van der Waals surface area (Å²) in [5.74, 6) is -3.79. The lowest BCUT2D eigenvalue weighted by Crippen LogP contribution is -2.52. The highest BCUT2D eigenvalue weighted by molar-refractivity contribution is 5.86. The zero-order valence-corrected chi connectivity index (χ0v) is 20.9. The molecule has 0 fully saturated rings. The number of carboxylic acids is 3. The fourth-order valence-electron chi connectivity index (χ4n) is 2.87. The lowest BCUT2D eigenvalue weighted by Gasteiger charge is -2.27. The average molecular weight is 543 g/mol. The van der Waals surface area contributed by atoms with Crippen LogP contribution in [0.4, 0.5) is 4.79 Å². The number of nitrogens with one attached hydrogen (secondary N) is 1. The third-order valence-corrected chi connectivity index (χ3v) is 4.79. The number of carboxylic acid groups (broad SMARTS) is 3. The number of alkyl carbamates (subject to hydrolysis) is 1. The molecule has 14 heteroatoms. The smallest absolute Gasteiger partial charge is 0.408 e. The molecule has 0 saturated carbocycles. The molecule has 0 aromatic heterocycles. The number of rotatable bonds is 21. The van der Waals surface area contributed by atoms with E-state index in [2.05, 4.69) is 5.32 Å². The first kappa shape index (κ1) is 32.3. The number of amides is 2. The molecule has 0 aliphatic carbocycles. The minimum absolute atomic E-state index is 0.00706. The molecule has 0 aliphatic heterocycles. The van der Waals surface area contributed by atoms with E-state index in [0.29, 0.717) is 0 Å². The predicted octanol–water partition coefficient (Wildman–Crippen LogP) is 0.584. The van der Waals surface area contributed by atoms with Crippen LogP contribution in [0.25, 0.3) is 0 Å². The van der Waals surface area contributed by atoms with Crippen molar-refractivity contribution in [3.63, 3.8) is 0 Å². The standard InChI is InChI=1S/C24H34N2O12/c27-20(28)6-11-35-14-9-26(10-15-36-12-7-21(29)30)23(33)19(17-37-13-8-22(31)32)25-24(34)38-16-18-4-2-1-3-5-18/h1-5,19H,6-17H2,(H,25,34)(H,27,28)(H,29,30)(H,31,32)/t19-/m0/s1. The van der Waals surface area contributed by atoms with Crippen LogP contribution in [-0.4, -0.2) is 109 Å². The Bertz CT molecular complexity index is 856. The van der Waals surface area contributed by atoms with Crippen molar-refractivity contribution in [1.29, 1.82) is 0 Å². The Morgan fingerprint density at radius 2 is 1.24 bits per heavy atom. The van der Waals surface area contributed by atoms with Gasteiger partial charge in [0, 0.05) is 13.1 Å². The van der Waals surface area contributed by atoms with E-state index in [4.69, 9.17) is 34.3 Å². The van der Waals surface area contributed by atoms with Gasteiger partial charge in [-0.3, -0.25) is 19.2 Å². The zero-order chi connectivity index (χ0) is 28.2. The number of benzene rings is 1. The summed E-state index contributed by atoms with van der Waals surface area (Å²) in [6, 6.07) is 7.61. The third-order valence-electron chi connectivity index (χ3n) is 4.79. The van der Waals surface area contributed by atoms with Gasteiger partial charge in [-0.25, -0.2) is 4.79 Å². The monoisotopic (exact) mass is 542 g/mol. The molecule has 1 aromatic rings. The third kappa shape index (κ3) is 16.1. The van der Waals surface area contributed by atoms with Crippen LogP contribution in [0.3, 0.4) is 0 Å². The highest BCUT2D eigenvalue weighted by atomic mass is 16.5. The van der Waals surface area contributed by atoms with Crippen LogP contribution in [0.5, 0.6) is 0 Å². The predicted molar refractivity (Wildman–Crippen MR) is 129 cm³/mol. The minimum Gasteiger partial charge on any atom is -0.481 e. The normalized spacial score (nSPS) is 11.4. The fraction of sp³-hybridized carbons (Fsp3) is 0.542. The second-order valence-corrected chi connectivity index (χ2v) is 7.81. The Morgan fingerprint density at radius 1 is 0.737 bits per heavy atom. The van der Waals surface area contributed by atoms with Crippen molar-refractivity contribution < 1.29 is 58.2 Å². The van der Waals surface area contributed by atoms with Crippen molar-refractivity contribution in [2.75, 3.05) is 52.7 Å². The summed E-state index contributed by atoms with van der Waals surface area (Å²) in [7, 11) is 0. The van der Waals surface area contributed by atoms with Crippen LogP contribution < -0.4 is 5.32 Å². The first-order chi connectivity index (χ1) is 18.2. The molecule has 0 spiro atoms. The van der Waals surface area contributed by atoms with Gasteiger partial charge in [0.1, 0.15) is 12.6 Å². The number of hydrogen-bond donors (Lipinski definition) is 4. The molecular formula is C24H34N2O12. The maximum absolute atomic E-state index is 13.3. The average Bonchev–Trinajstić information content (AvgIpc) is 2.87. The van der Waals surface area contributed by atoms with Crippen LogP contribution in [-0.2, 0) is 44.7 Å². The van der Waals surface area contributed by atoms with Gasteiger partial charge in [-0.15, -0.1) is 0 Å². The van der Waals surface area contributed by atoms with Crippen molar-refractivity contribution in [2.24, 2.45) is 0 Å². The van der Waals surface area contributed by atoms with E-state index in [-0.39, 0.29) is 78.6 Å². The van der Waals surface area contributed by atoms with E-state index in [1.807, 2.05) is 0 Å². The molecule has 4 N–H and O–H groups in total. The van der Waals surface area contributed by atoms with Gasteiger partial charge in [0.15, 0.2) is 0 Å². The molecule has 0 heterocycles. The highest BCUT2D eigenvalue weighted by Crippen LogP contribution is 2.04. The van der Waals surface area contributed by atoms with Gasteiger partial charge in [0.05, 0.1) is 58.9 Å². The Labute approximate surface area is 219 Å². The van der Waals surface area contributed by atoms with Crippen molar-refractivity contribution in [2.45, 2.75) is 31.9 Å². The van der Waals surface area contributed by atoms with E-state index in [9.17, 15) is 24.0 Å². The largest absolute Gasteiger partial charge is 0.481 e. The van der Waals surface area contributed by atoms with E-state index >= 15 is 0 Å². The van der Waals surface area contributed by atoms with Gasteiger partial charge in [-0.1, -0.05) is 30.3 Å². The van der Waals surface area contributed by atoms with Gasteiger partial charge >= 0.3 is 24.0 Å². The van der Waals surface area contributed by atoms with Gasteiger partial charge in [-0.2, -0.15) is 0 Å². The molecule has 0 unspecified atom stereocenters. The molecular weight excluding hydrogens is 508 g/mol. The highest BCUT2D eigenvalue weighted by Gasteiger charge is 2.27. The van der Waals surface area contributed by atoms with E-state index in [0.717, 1.165) is 5.56 Å². The molecule has 0 aliphatic rings. The Morgan fingerprint density at radius 3 is 1.74 bits per heavy atom. The summed E-state index contributed by atoms with van der Waals surface area (Å²) >= 11 is 0. The van der Waals surface area contributed by atoms with Crippen LogP contribution in [0.1, 0.15) is 24.8 Å². The molecule has 212 valence electrons. The summed E-state index contributed by atoms with van der Waals surface area (Å²) in [5.41, 5.74) is 0.724. The molecule has 1 rings (SSSR count). The van der Waals surface area contributed by atoms with Crippen LogP contribution in [0.2, 0.25) is 0 Å². The number of hydrogen-bond acceptors (Lipinski definition) is 9. The summed E-state index contributed by atoms with van der Waals surface area (Å²) in [6.07, 6.45) is -1.65. The number of carbonyl (C=O) groups is 5. The molecule has 0 radical (unpaired) electrons. The van der Waals surface area contributed by atoms with E-state index in [1.165, 1.54) is 4.90 Å². The number of carbonyl (C=O) groups excluding carboxylic acids is 2. The van der Waals surface area contributed by atoms with E-state index < -0.39 is 36.0 Å². The fourth-order valence-corrected chi connectivity index (χ4v) is 2.87. The topological polar surface area (TPSA) is 198 Å². The van der Waals surface area contributed by atoms with Crippen LogP contribution in [0.15, 0.2) is 30.3 Å². The van der Waals surface area contributed by atoms with Gasteiger partial charge in [0.2, 0.25) is 5.91 Å².